The van der Waals surface area contributed by atoms with E-state index in [1.54, 1.807) is 11.3 Å². The zero-order valence-electron chi connectivity index (χ0n) is 15.5. The maximum absolute atomic E-state index is 12.8. The van der Waals surface area contributed by atoms with Crippen molar-refractivity contribution in [2.24, 2.45) is 0 Å². The number of hydrogen-bond donors (Lipinski definition) is 2. The maximum atomic E-state index is 12.8. The van der Waals surface area contributed by atoms with E-state index >= 15 is 0 Å². The molecule has 4 rings (SSSR count). The van der Waals surface area contributed by atoms with Crippen molar-refractivity contribution in [1.82, 2.24) is 10.2 Å². The Morgan fingerprint density at radius 3 is 2.73 bits per heavy atom. The third-order valence-electron chi connectivity index (χ3n) is 5.12. The first-order valence-corrected chi connectivity index (χ1v) is 10.1. The summed E-state index contributed by atoms with van der Waals surface area (Å²) in [5, 5.41) is 7.64. The molecule has 2 aromatic rings. The normalized spacial score (nSPS) is 19.5. The van der Waals surface area contributed by atoms with Crippen LogP contribution < -0.4 is 15.4 Å². The summed E-state index contributed by atoms with van der Waals surface area (Å²) in [6.07, 6.45) is 0.745. The van der Waals surface area contributed by atoms with Crippen molar-refractivity contribution in [2.75, 3.05) is 18.5 Å². The molecular formula is C20H25N3O2S. The van der Waals surface area contributed by atoms with Gasteiger partial charge in [0.15, 0.2) is 0 Å². The molecule has 6 heteroatoms. The van der Waals surface area contributed by atoms with Crippen LogP contribution in [0.2, 0.25) is 0 Å². The summed E-state index contributed by atoms with van der Waals surface area (Å²) >= 11 is 1.73. The molecule has 2 aliphatic rings. The van der Waals surface area contributed by atoms with Crippen LogP contribution in [-0.4, -0.2) is 30.0 Å². The van der Waals surface area contributed by atoms with Gasteiger partial charge in [0.25, 0.3) is 5.91 Å². The molecule has 0 aliphatic carbocycles. The van der Waals surface area contributed by atoms with Crippen LogP contribution in [0.3, 0.4) is 0 Å². The lowest BCUT2D eigenvalue weighted by molar-refractivity contribution is 0.0934. The standard InChI is InChI=1S/C20H25N3O2S/c1-4-25-14-7-5-13(6-8-14)18-21-19(24)17-15-9-10-23(12(2)3)11-16(15)26-20(17)22-18/h5-8,12,18,22H,4,9-11H2,1-3H3,(H,21,24). The minimum Gasteiger partial charge on any atom is -0.494 e. The number of rotatable bonds is 4. The van der Waals surface area contributed by atoms with Gasteiger partial charge >= 0.3 is 0 Å². The van der Waals surface area contributed by atoms with Crippen LogP contribution in [0.15, 0.2) is 24.3 Å². The maximum Gasteiger partial charge on any atom is 0.256 e. The van der Waals surface area contributed by atoms with E-state index < -0.39 is 0 Å². The van der Waals surface area contributed by atoms with Crippen LogP contribution in [0.4, 0.5) is 5.00 Å². The van der Waals surface area contributed by atoms with Gasteiger partial charge in [-0.3, -0.25) is 9.69 Å². The molecule has 1 atom stereocenters. The van der Waals surface area contributed by atoms with Gasteiger partial charge in [0.1, 0.15) is 16.9 Å². The van der Waals surface area contributed by atoms with Gasteiger partial charge in [-0.2, -0.15) is 0 Å². The minimum atomic E-state index is -0.202. The van der Waals surface area contributed by atoms with E-state index in [1.165, 1.54) is 10.4 Å². The number of anilines is 1. The highest BCUT2D eigenvalue weighted by molar-refractivity contribution is 7.16. The number of fused-ring (bicyclic) bond motifs is 3. The molecule has 5 nitrogen and oxygen atoms in total. The summed E-state index contributed by atoms with van der Waals surface area (Å²) in [6.45, 7) is 9.03. The summed E-state index contributed by atoms with van der Waals surface area (Å²) < 4.78 is 5.50. The zero-order valence-corrected chi connectivity index (χ0v) is 16.3. The molecule has 0 fully saturated rings. The molecule has 1 amide bonds. The highest BCUT2D eigenvalue weighted by Crippen LogP contribution is 2.41. The Morgan fingerprint density at radius 2 is 2.04 bits per heavy atom. The Morgan fingerprint density at radius 1 is 1.27 bits per heavy atom. The van der Waals surface area contributed by atoms with Gasteiger partial charge < -0.3 is 15.4 Å². The van der Waals surface area contributed by atoms with E-state index in [9.17, 15) is 4.79 Å². The fraction of sp³-hybridized carbons (Fsp3) is 0.450. The molecule has 1 unspecified atom stereocenters. The third-order valence-corrected chi connectivity index (χ3v) is 6.27. The minimum absolute atomic E-state index is 0.0353. The summed E-state index contributed by atoms with van der Waals surface area (Å²) in [7, 11) is 0. The molecule has 0 saturated heterocycles. The number of carbonyl (C=O) groups excluding carboxylic acids is 1. The molecule has 0 saturated carbocycles. The molecular weight excluding hydrogens is 346 g/mol. The first kappa shape index (κ1) is 17.4. The SMILES string of the molecule is CCOc1ccc(C2NC(=O)c3c(sc4c3CCN(C(C)C)C4)N2)cc1. The molecule has 1 aromatic heterocycles. The summed E-state index contributed by atoms with van der Waals surface area (Å²) in [5.41, 5.74) is 3.12. The highest BCUT2D eigenvalue weighted by atomic mass is 32.1. The largest absolute Gasteiger partial charge is 0.494 e. The van der Waals surface area contributed by atoms with E-state index in [-0.39, 0.29) is 12.1 Å². The molecule has 2 aliphatic heterocycles. The Hall–Kier alpha value is -2.05. The first-order chi connectivity index (χ1) is 12.6. The van der Waals surface area contributed by atoms with Crippen molar-refractivity contribution in [3.8, 4) is 5.75 Å². The second-order valence-electron chi connectivity index (χ2n) is 7.08. The second-order valence-corrected chi connectivity index (χ2v) is 8.18. The predicted octanol–water partition coefficient (Wildman–Crippen LogP) is 3.77. The number of ether oxygens (including phenoxy) is 1. The van der Waals surface area contributed by atoms with Gasteiger partial charge in [-0.15, -0.1) is 11.3 Å². The van der Waals surface area contributed by atoms with Gasteiger partial charge in [-0.25, -0.2) is 0 Å². The topological polar surface area (TPSA) is 53.6 Å². The van der Waals surface area contributed by atoms with Crippen molar-refractivity contribution >= 4 is 22.2 Å². The average molecular weight is 372 g/mol. The number of nitrogens with one attached hydrogen (secondary N) is 2. The summed E-state index contributed by atoms with van der Waals surface area (Å²) in [5.74, 6) is 0.882. The van der Waals surface area contributed by atoms with Gasteiger partial charge in [0.2, 0.25) is 0 Å². The Balaban J connectivity index is 1.58. The molecule has 1 aromatic carbocycles. The van der Waals surface area contributed by atoms with Crippen LogP contribution in [0.25, 0.3) is 0 Å². The van der Waals surface area contributed by atoms with Gasteiger partial charge in [-0.05, 0) is 50.5 Å². The van der Waals surface area contributed by atoms with Crippen LogP contribution in [0.1, 0.15) is 53.3 Å². The molecule has 0 radical (unpaired) electrons. The predicted molar refractivity (Wildman–Crippen MR) is 105 cm³/mol. The van der Waals surface area contributed by atoms with E-state index in [2.05, 4.69) is 29.4 Å². The molecule has 3 heterocycles. The fourth-order valence-electron chi connectivity index (χ4n) is 3.67. The molecule has 2 N–H and O–H groups in total. The lowest BCUT2D eigenvalue weighted by atomic mass is 9.99. The lowest BCUT2D eigenvalue weighted by Gasteiger charge is -2.31. The molecule has 0 spiro atoms. The molecule has 0 bridgehead atoms. The Labute approximate surface area is 158 Å². The highest BCUT2D eigenvalue weighted by Gasteiger charge is 2.33. The van der Waals surface area contributed by atoms with Gasteiger partial charge in [0, 0.05) is 24.0 Å². The van der Waals surface area contributed by atoms with Crippen molar-refractivity contribution in [1.29, 1.82) is 0 Å². The number of hydrogen-bond acceptors (Lipinski definition) is 5. The van der Waals surface area contributed by atoms with Gasteiger partial charge in [0.05, 0.1) is 12.2 Å². The number of carbonyl (C=O) groups is 1. The van der Waals surface area contributed by atoms with Crippen molar-refractivity contribution < 1.29 is 9.53 Å². The zero-order chi connectivity index (χ0) is 18.3. The van der Waals surface area contributed by atoms with E-state index in [1.807, 2.05) is 31.2 Å². The van der Waals surface area contributed by atoms with E-state index in [0.717, 1.165) is 41.4 Å². The Kier molecular flexibility index (Phi) is 4.63. The van der Waals surface area contributed by atoms with Crippen LogP contribution in [0.5, 0.6) is 5.75 Å². The van der Waals surface area contributed by atoms with Crippen molar-refractivity contribution in [3.63, 3.8) is 0 Å². The summed E-state index contributed by atoms with van der Waals surface area (Å²) in [6, 6.07) is 8.43. The number of nitrogens with zero attached hydrogens (tertiary/aromatic N) is 1. The average Bonchev–Trinajstić information content (AvgIpc) is 3.00. The monoisotopic (exact) mass is 371 g/mol. The quantitative estimate of drug-likeness (QED) is 0.859. The van der Waals surface area contributed by atoms with Crippen LogP contribution in [0, 0.1) is 0 Å². The van der Waals surface area contributed by atoms with Gasteiger partial charge in [-0.1, -0.05) is 12.1 Å². The van der Waals surface area contributed by atoms with Crippen LogP contribution in [-0.2, 0) is 13.0 Å². The third kappa shape index (κ3) is 3.08. The number of thiophene rings is 1. The second kappa shape index (κ2) is 6.93. The summed E-state index contributed by atoms with van der Waals surface area (Å²) in [4.78, 5) is 16.6. The number of amides is 1. The molecule has 138 valence electrons. The van der Waals surface area contributed by atoms with Crippen molar-refractivity contribution in [3.05, 3.63) is 45.8 Å². The smallest absolute Gasteiger partial charge is 0.256 e. The van der Waals surface area contributed by atoms with Crippen LogP contribution >= 0.6 is 11.3 Å². The Bertz CT molecular complexity index is 813. The lowest BCUT2D eigenvalue weighted by Crippen LogP contribution is -2.39. The van der Waals surface area contributed by atoms with E-state index in [4.69, 9.17) is 4.74 Å². The fourth-order valence-corrected chi connectivity index (χ4v) is 4.97. The first-order valence-electron chi connectivity index (χ1n) is 9.25. The van der Waals surface area contributed by atoms with Crippen molar-refractivity contribution in [2.45, 2.75) is 45.9 Å². The molecule has 26 heavy (non-hydrogen) atoms. The number of benzene rings is 1. The van der Waals surface area contributed by atoms with E-state index in [0.29, 0.717) is 12.6 Å².